The molecule has 128 valence electrons. The van der Waals surface area contributed by atoms with Crippen molar-refractivity contribution in [1.82, 2.24) is 0 Å². The standard InChI is InChI=1S/C20H17Br2NO2/c1-14-4-6-15(7-5-14)13-25-20-18(21)9-16(10-19(20)22)11-23-12-17-3-2-8-24-17/h2-11H,12-13H2,1H3/b23-11-. The number of ether oxygens (including phenoxy) is 1. The lowest BCUT2D eigenvalue weighted by atomic mass is 10.2. The summed E-state index contributed by atoms with van der Waals surface area (Å²) in [7, 11) is 0. The highest BCUT2D eigenvalue weighted by molar-refractivity contribution is 9.11. The molecule has 5 heteroatoms. The van der Waals surface area contributed by atoms with E-state index in [-0.39, 0.29) is 0 Å². The molecule has 0 fully saturated rings. The smallest absolute Gasteiger partial charge is 0.148 e. The average molecular weight is 463 g/mol. The van der Waals surface area contributed by atoms with Crippen LogP contribution in [-0.4, -0.2) is 6.21 Å². The Morgan fingerprint density at radius 2 is 1.80 bits per heavy atom. The number of rotatable bonds is 6. The minimum absolute atomic E-state index is 0.517. The normalized spacial score (nSPS) is 11.2. The Morgan fingerprint density at radius 3 is 2.44 bits per heavy atom. The Balaban J connectivity index is 1.67. The summed E-state index contributed by atoms with van der Waals surface area (Å²) in [4.78, 5) is 4.40. The highest BCUT2D eigenvalue weighted by Crippen LogP contribution is 2.35. The number of benzene rings is 2. The fraction of sp³-hybridized carbons (Fsp3) is 0.150. The molecule has 0 saturated carbocycles. The average Bonchev–Trinajstić information content (AvgIpc) is 3.09. The van der Waals surface area contributed by atoms with Crippen LogP contribution >= 0.6 is 31.9 Å². The molecule has 0 saturated heterocycles. The highest BCUT2D eigenvalue weighted by Gasteiger charge is 2.09. The second-order valence-corrected chi connectivity index (χ2v) is 7.35. The van der Waals surface area contributed by atoms with Crippen molar-refractivity contribution in [3.63, 3.8) is 0 Å². The molecular formula is C20H17Br2NO2. The lowest BCUT2D eigenvalue weighted by molar-refractivity contribution is 0.302. The van der Waals surface area contributed by atoms with E-state index in [1.807, 2.05) is 30.5 Å². The van der Waals surface area contributed by atoms with Gasteiger partial charge in [0.2, 0.25) is 0 Å². The van der Waals surface area contributed by atoms with Crippen LogP contribution in [-0.2, 0) is 13.2 Å². The first-order valence-corrected chi connectivity index (χ1v) is 9.40. The first-order chi connectivity index (χ1) is 12.1. The zero-order valence-electron chi connectivity index (χ0n) is 13.7. The van der Waals surface area contributed by atoms with Crippen molar-refractivity contribution in [2.45, 2.75) is 20.1 Å². The van der Waals surface area contributed by atoms with E-state index in [1.54, 1.807) is 6.26 Å². The molecule has 1 heterocycles. The van der Waals surface area contributed by atoms with E-state index in [1.165, 1.54) is 5.56 Å². The number of hydrogen-bond acceptors (Lipinski definition) is 3. The molecule has 0 radical (unpaired) electrons. The molecule has 0 aliphatic rings. The summed E-state index contributed by atoms with van der Waals surface area (Å²) in [6.45, 7) is 3.11. The Kier molecular flexibility index (Phi) is 6.10. The van der Waals surface area contributed by atoms with Crippen molar-refractivity contribution in [2.75, 3.05) is 0 Å². The van der Waals surface area contributed by atoms with Crippen molar-refractivity contribution in [3.05, 3.63) is 86.2 Å². The van der Waals surface area contributed by atoms with Gasteiger partial charge in [0, 0.05) is 6.21 Å². The molecule has 0 spiro atoms. The van der Waals surface area contributed by atoms with Crippen LogP contribution in [0.15, 0.2) is 73.1 Å². The first-order valence-electron chi connectivity index (χ1n) is 7.81. The topological polar surface area (TPSA) is 34.7 Å². The molecule has 0 atom stereocenters. The summed E-state index contributed by atoms with van der Waals surface area (Å²) in [5.74, 6) is 1.62. The van der Waals surface area contributed by atoms with E-state index >= 15 is 0 Å². The molecule has 3 rings (SSSR count). The number of nitrogens with zero attached hydrogens (tertiary/aromatic N) is 1. The van der Waals surface area contributed by atoms with Gasteiger partial charge in [-0.2, -0.15) is 0 Å². The van der Waals surface area contributed by atoms with Crippen LogP contribution in [0.2, 0.25) is 0 Å². The van der Waals surface area contributed by atoms with Gasteiger partial charge in [-0.15, -0.1) is 0 Å². The molecule has 2 aromatic carbocycles. The van der Waals surface area contributed by atoms with Crippen molar-refractivity contribution >= 4 is 38.1 Å². The minimum atomic E-state index is 0.517. The maximum Gasteiger partial charge on any atom is 0.148 e. The summed E-state index contributed by atoms with van der Waals surface area (Å²) in [5, 5.41) is 0. The lowest BCUT2D eigenvalue weighted by Crippen LogP contribution is -1.98. The summed E-state index contributed by atoms with van der Waals surface area (Å²) in [6.07, 6.45) is 3.47. The Morgan fingerprint density at radius 1 is 1.08 bits per heavy atom. The van der Waals surface area contributed by atoms with Crippen molar-refractivity contribution < 1.29 is 9.15 Å². The molecule has 1 aromatic heterocycles. The summed E-state index contributed by atoms with van der Waals surface area (Å²) in [6, 6.07) is 16.1. The van der Waals surface area contributed by atoms with Gasteiger partial charge in [-0.1, -0.05) is 29.8 Å². The van der Waals surface area contributed by atoms with E-state index in [4.69, 9.17) is 9.15 Å². The van der Waals surface area contributed by atoms with Crippen LogP contribution in [0.5, 0.6) is 5.75 Å². The predicted octanol–water partition coefficient (Wildman–Crippen LogP) is 6.31. The second-order valence-electron chi connectivity index (χ2n) is 5.64. The molecular weight excluding hydrogens is 446 g/mol. The van der Waals surface area contributed by atoms with Gasteiger partial charge in [0.25, 0.3) is 0 Å². The number of halogens is 2. The third-order valence-corrected chi connectivity index (χ3v) is 4.77. The third-order valence-electron chi connectivity index (χ3n) is 3.59. The Bertz CT molecular complexity index is 833. The Labute approximate surface area is 164 Å². The third kappa shape index (κ3) is 5.06. The van der Waals surface area contributed by atoms with Crippen molar-refractivity contribution in [3.8, 4) is 5.75 Å². The monoisotopic (exact) mass is 461 g/mol. The maximum absolute atomic E-state index is 5.96. The SMILES string of the molecule is Cc1ccc(COc2c(Br)cc(/C=N\Cc3ccco3)cc2Br)cc1. The first kappa shape index (κ1) is 18.0. The van der Waals surface area contributed by atoms with Gasteiger partial charge < -0.3 is 9.15 Å². The van der Waals surface area contributed by atoms with Crippen LogP contribution in [0.25, 0.3) is 0 Å². The largest absolute Gasteiger partial charge is 0.487 e. The van der Waals surface area contributed by atoms with Crippen molar-refractivity contribution in [1.29, 1.82) is 0 Å². The molecule has 0 aliphatic carbocycles. The van der Waals surface area contributed by atoms with E-state index in [0.29, 0.717) is 13.2 Å². The van der Waals surface area contributed by atoms with Gasteiger partial charge in [-0.25, -0.2) is 0 Å². The molecule has 3 aromatic rings. The van der Waals surface area contributed by atoms with Crippen LogP contribution in [0.3, 0.4) is 0 Å². The van der Waals surface area contributed by atoms with E-state index in [0.717, 1.165) is 31.6 Å². The lowest BCUT2D eigenvalue weighted by Gasteiger charge is -2.11. The number of hydrogen-bond donors (Lipinski definition) is 0. The fourth-order valence-corrected chi connectivity index (χ4v) is 3.73. The van der Waals surface area contributed by atoms with Crippen LogP contribution in [0, 0.1) is 6.92 Å². The van der Waals surface area contributed by atoms with Gasteiger partial charge in [0.05, 0.1) is 21.8 Å². The van der Waals surface area contributed by atoms with E-state index in [2.05, 4.69) is 68.0 Å². The zero-order chi connectivity index (χ0) is 17.6. The van der Waals surface area contributed by atoms with Crippen LogP contribution in [0.1, 0.15) is 22.5 Å². The molecule has 25 heavy (non-hydrogen) atoms. The number of aryl methyl sites for hydroxylation is 1. The summed E-state index contributed by atoms with van der Waals surface area (Å²) < 4.78 is 13.0. The van der Waals surface area contributed by atoms with E-state index in [9.17, 15) is 0 Å². The molecule has 0 amide bonds. The number of aliphatic imine (C=N–C) groups is 1. The summed E-state index contributed by atoms with van der Waals surface area (Å²) >= 11 is 7.16. The minimum Gasteiger partial charge on any atom is -0.487 e. The molecule has 0 aliphatic heterocycles. The van der Waals surface area contributed by atoms with Crippen LogP contribution < -0.4 is 4.74 Å². The van der Waals surface area contributed by atoms with Crippen LogP contribution in [0.4, 0.5) is 0 Å². The van der Waals surface area contributed by atoms with Gasteiger partial charge in [-0.3, -0.25) is 4.99 Å². The molecule has 3 nitrogen and oxygen atoms in total. The van der Waals surface area contributed by atoms with Gasteiger partial charge in [-0.05, 0) is 74.2 Å². The fourth-order valence-electron chi connectivity index (χ4n) is 2.28. The highest BCUT2D eigenvalue weighted by atomic mass is 79.9. The maximum atomic E-state index is 5.96. The van der Waals surface area contributed by atoms with E-state index < -0.39 is 0 Å². The molecule has 0 N–H and O–H groups in total. The molecule has 0 unspecified atom stereocenters. The van der Waals surface area contributed by atoms with Crippen molar-refractivity contribution in [2.24, 2.45) is 4.99 Å². The summed E-state index contributed by atoms with van der Waals surface area (Å²) in [5.41, 5.74) is 3.35. The quantitative estimate of drug-likeness (QED) is 0.402. The number of furan rings is 1. The zero-order valence-corrected chi connectivity index (χ0v) is 16.9. The second kappa shape index (κ2) is 8.50. The van der Waals surface area contributed by atoms with Gasteiger partial charge in [0.15, 0.2) is 0 Å². The van der Waals surface area contributed by atoms with Gasteiger partial charge in [0.1, 0.15) is 18.1 Å². The van der Waals surface area contributed by atoms with Gasteiger partial charge >= 0.3 is 0 Å². The predicted molar refractivity (Wildman–Crippen MR) is 107 cm³/mol. The Hall–Kier alpha value is -1.85. The molecule has 0 bridgehead atoms.